The van der Waals surface area contributed by atoms with Crippen molar-refractivity contribution in [3.63, 3.8) is 0 Å². The van der Waals surface area contributed by atoms with E-state index in [-0.39, 0.29) is 6.04 Å². The highest BCUT2D eigenvalue weighted by Crippen LogP contribution is 2.50. The molecule has 0 aromatic heterocycles. The van der Waals surface area contributed by atoms with Gasteiger partial charge < -0.3 is 10.4 Å². The van der Waals surface area contributed by atoms with Crippen LogP contribution in [0.25, 0.3) is 0 Å². The second-order valence-electron chi connectivity index (χ2n) is 5.36. The fourth-order valence-electron chi connectivity index (χ4n) is 2.93. The maximum atomic E-state index is 10.4. The fourth-order valence-corrected chi connectivity index (χ4v) is 3.54. The number of benzene rings is 1. The Labute approximate surface area is 127 Å². The second-order valence-corrected chi connectivity index (χ2v) is 6.62. The summed E-state index contributed by atoms with van der Waals surface area (Å²) in [5.41, 5.74) is 0.903. The van der Waals surface area contributed by atoms with E-state index in [1.807, 2.05) is 12.1 Å². The van der Waals surface area contributed by atoms with Crippen LogP contribution >= 0.6 is 27.5 Å². The van der Waals surface area contributed by atoms with Crippen molar-refractivity contribution in [1.29, 1.82) is 0 Å². The van der Waals surface area contributed by atoms with Crippen molar-refractivity contribution in [3.8, 4) is 5.75 Å². The van der Waals surface area contributed by atoms with E-state index < -0.39 is 0 Å². The monoisotopic (exact) mass is 344 g/mol. The van der Waals surface area contributed by atoms with Crippen molar-refractivity contribution in [2.45, 2.75) is 18.9 Å². The molecule has 5 heteroatoms. The lowest BCUT2D eigenvalue weighted by molar-refractivity contribution is 0.153. The largest absolute Gasteiger partial charge is 0.506 e. The molecule has 1 aliphatic heterocycles. The van der Waals surface area contributed by atoms with Gasteiger partial charge in [-0.05, 0) is 46.8 Å². The summed E-state index contributed by atoms with van der Waals surface area (Å²) in [5, 5.41) is 14.4. The average molecular weight is 346 g/mol. The minimum Gasteiger partial charge on any atom is -0.506 e. The molecule has 104 valence electrons. The zero-order valence-corrected chi connectivity index (χ0v) is 13.0. The molecule has 0 amide bonds. The number of aromatic hydroxyl groups is 1. The van der Waals surface area contributed by atoms with Gasteiger partial charge >= 0.3 is 0 Å². The van der Waals surface area contributed by atoms with Crippen LogP contribution in [0.4, 0.5) is 0 Å². The van der Waals surface area contributed by atoms with Crippen LogP contribution in [0.3, 0.4) is 0 Å². The van der Waals surface area contributed by atoms with Gasteiger partial charge in [0.2, 0.25) is 0 Å². The first-order valence-electron chi connectivity index (χ1n) is 6.80. The fraction of sp³-hybridized carbons (Fsp3) is 0.571. The quantitative estimate of drug-likeness (QED) is 0.883. The summed E-state index contributed by atoms with van der Waals surface area (Å²) in [6.45, 7) is 4.05. The lowest BCUT2D eigenvalue weighted by atomic mass is 9.98. The number of nitrogens with zero attached hydrogens (tertiary/aromatic N) is 1. The van der Waals surface area contributed by atoms with Crippen LogP contribution in [0, 0.1) is 5.92 Å². The number of hydrogen-bond acceptors (Lipinski definition) is 3. The molecule has 3 rings (SSSR count). The number of piperazine rings is 1. The van der Waals surface area contributed by atoms with E-state index in [4.69, 9.17) is 11.6 Å². The number of nitrogens with one attached hydrogen (secondary N) is 1. The summed E-state index contributed by atoms with van der Waals surface area (Å²) in [6.07, 6.45) is 2.47. The lowest BCUT2D eigenvalue weighted by Gasteiger charge is -2.36. The SMILES string of the molecule is Oc1c(Br)ccc(Cl)c1[C@@H](C1CC1)N1CCNCC1. The van der Waals surface area contributed by atoms with Gasteiger partial charge in [-0.25, -0.2) is 0 Å². The van der Waals surface area contributed by atoms with Gasteiger partial charge in [0.1, 0.15) is 5.75 Å². The number of hydrogen-bond donors (Lipinski definition) is 2. The molecule has 1 heterocycles. The van der Waals surface area contributed by atoms with Crippen molar-refractivity contribution in [2.75, 3.05) is 26.2 Å². The molecule has 3 nitrogen and oxygen atoms in total. The van der Waals surface area contributed by atoms with Gasteiger partial charge in [-0.1, -0.05) is 11.6 Å². The highest BCUT2D eigenvalue weighted by Gasteiger charge is 2.39. The molecule has 1 saturated heterocycles. The zero-order chi connectivity index (χ0) is 13.4. The Morgan fingerprint density at radius 2 is 2.00 bits per heavy atom. The van der Waals surface area contributed by atoms with Crippen molar-refractivity contribution in [1.82, 2.24) is 10.2 Å². The smallest absolute Gasteiger partial charge is 0.136 e. The highest BCUT2D eigenvalue weighted by molar-refractivity contribution is 9.10. The summed E-state index contributed by atoms with van der Waals surface area (Å²) < 4.78 is 0.729. The Morgan fingerprint density at radius 1 is 1.32 bits per heavy atom. The van der Waals surface area contributed by atoms with Crippen LogP contribution in [0.1, 0.15) is 24.4 Å². The van der Waals surface area contributed by atoms with E-state index in [0.29, 0.717) is 16.7 Å². The maximum Gasteiger partial charge on any atom is 0.136 e. The van der Waals surface area contributed by atoms with Gasteiger partial charge in [-0.15, -0.1) is 0 Å². The predicted octanol–water partition coefficient (Wildman–Crippen LogP) is 3.16. The third kappa shape index (κ3) is 2.77. The van der Waals surface area contributed by atoms with E-state index in [1.54, 1.807) is 0 Å². The Bertz CT molecular complexity index is 473. The molecule has 1 aliphatic carbocycles. The Balaban J connectivity index is 1.97. The number of phenolic OH excluding ortho intramolecular Hbond substituents is 1. The molecule has 19 heavy (non-hydrogen) atoms. The molecule has 0 bridgehead atoms. The van der Waals surface area contributed by atoms with Gasteiger partial charge in [0.25, 0.3) is 0 Å². The van der Waals surface area contributed by atoms with E-state index in [2.05, 4.69) is 26.1 Å². The summed E-state index contributed by atoms with van der Waals surface area (Å²) in [5.74, 6) is 0.943. The zero-order valence-electron chi connectivity index (χ0n) is 10.7. The number of rotatable bonds is 3. The van der Waals surface area contributed by atoms with Crippen LogP contribution in [0.5, 0.6) is 5.75 Å². The van der Waals surface area contributed by atoms with Gasteiger partial charge in [0.05, 0.1) is 4.47 Å². The van der Waals surface area contributed by atoms with Crippen LogP contribution < -0.4 is 5.32 Å². The third-order valence-electron chi connectivity index (χ3n) is 4.02. The lowest BCUT2D eigenvalue weighted by Crippen LogP contribution is -2.45. The normalized spacial score (nSPS) is 22.4. The van der Waals surface area contributed by atoms with Gasteiger partial charge in [-0.3, -0.25) is 4.90 Å². The summed E-state index contributed by atoms with van der Waals surface area (Å²) in [7, 11) is 0. The molecular weight excluding hydrogens is 328 g/mol. The minimum absolute atomic E-state index is 0.257. The summed E-state index contributed by atoms with van der Waals surface area (Å²) in [6, 6.07) is 3.94. The summed E-state index contributed by atoms with van der Waals surface area (Å²) in [4.78, 5) is 2.46. The predicted molar refractivity (Wildman–Crippen MR) is 80.7 cm³/mol. The molecule has 1 atom stereocenters. The molecular formula is C14H18BrClN2O. The number of halogens is 2. The number of phenols is 1. The Kier molecular flexibility index (Phi) is 4.03. The molecule has 0 radical (unpaired) electrons. The van der Waals surface area contributed by atoms with Crippen molar-refractivity contribution < 1.29 is 5.11 Å². The molecule has 2 fully saturated rings. The van der Waals surface area contributed by atoms with E-state index in [0.717, 1.165) is 36.2 Å². The third-order valence-corrected chi connectivity index (χ3v) is 4.99. The van der Waals surface area contributed by atoms with E-state index >= 15 is 0 Å². The van der Waals surface area contributed by atoms with Crippen molar-refractivity contribution >= 4 is 27.5 Å². The first-order valence-corrected chi connectivity index (χ1v) is 7.97. The average Bonchev–Trinajstić information content (AvgIpc) is 3.24. The first kappa shape index (κ1) is 13.7. The molecule has 1 aromatic carbocycles. The first-order chi connectivity index (χ1) is 9.18. The topological polar surface area (TPSA) is 35.5 Å². The molecule has 0 spiro atoms. The molecule has 2 aliphatic rings. The molecule has 0 unspecified atom stereocenters. The Morgan fingerprint density at radius 3 is 2.63 bits per heavy atom. The van der Waals surface area contributed by atoms with E-state index in [1.165, 1.54) is 12.8 Å². The van der Waals surface area contributed by atoms with Crippen LogP contribution in [-0.4, -0.2) is 36.2 Å². The standard InChI is InChI=1S/C14H18BrClN2O/c15-10-3-4-11(16)12(14(10)19)13(9-1-2-9)18-7-5-17-6-8-18/h3-4,9,13,17,19H,1-2,5-8H2/t13-/m1/s1. The molecule has 2 N–H and O–H groups in total. The van der Waals surface area contributed by atoms with Crippen molar-refractivity contribution in [3.05, 3.63) is 27.2 Å². The highest BCUT2D eigenvalue weighted by atomic mass is 79.9. The van der Waals surface area contributed by atoms with E-state index in [9.17, 15) is 5.11 Å². The van der Waals surface area contributed by atoms with Crippen LogP contribution in [0.15, 0.2) is 16.6 Å². The summed E-state index contributed by atoms with van der Waals surface area (Å²) >= 11 is 9.77. The molecule has 1 saturated carbocycles. The van der Waals surface area contributed by atoms with Crippen molar-refractivity contribution in [2.24, 2.45) is 5.92 Å². The van der Waals surface area contributed by atoms with Gasteiger partial charge in [0.15, 0.2) is 0 Å². The second kappa shape index (κ2) is 5.60. The Hall–Kier alpha value is -0.290. The van der Waals surface area contributed by atoms with Gasteiger partial charge in [0, 0.05) is 42.8 Å². The van der Waals surface area contributed by atoms with Gasteiger partial charge in [-0.2, -0.15) is 0 Å². The minimum atomic E-state index is 0.257. The molecule has 1 aromatic rings. The van der Waals surface area contributed by atoms with Crippen LogP contribution in [0.2, 0.25) is 5.02 Å². The van der Waals surface area contributed by atoms with Crippen LogP contribution in [-0.2, 0) is 0 Å². The maximum absolute atomic E-state index is 10.4.